The second kappa shape index (κ2) is 7.72. The Morgan fingerprint density at radius 3 is 2.71 bits per heavy atom. The molecule has 1 aromatic carbocycles. The van der Waals surface area contributed by atoms with Crippen LogP contribution in [0.2, 0.25) is 0 Å². The Morgan fingerprint density at radius 1 is 1.41 bits per heavy atom. The molecule has 3 heteroatoms. The summed E-state index contributed by atoms with van der Waals surface area (Å²) >= 11 is 3.53. The molecule has 2 nitrogen and oxygen atoms in total. The van der Waals surface area contributed by atoms with Crippen LogP contribution in [-0.4, -0.2) is 20.2 Å². The van der Waals surface area contributed by atoms with Crippen molar-refractivity contribution < 1.29 is 4.74 Å². The molecular formula is C14H22BrNO. The lowest BCUT2D eigenvalue weighted by Gasteiger charge is -2.16. The maximum atomic E-state index is 5.23. The second-order valence-corrected chi connectivity index (χ2v) is 5.16. The molecule has 0 amide bonds. The van der Waals surface area contributed by atoms with Gasteiger partial charge in [-0.15, -0.1) is 0 Å². The fraction of sp³-hybridized carbons (Fsp3) is 0.571. The van der Waals surface area contributed by atoms with Gasteiger partial charge in [-0.05, 0) is 53.5 Å². The average molecular weight is 300 g/mol. The van der Waals surface area contributed by atoms with Gasteiger partial charge in [-0.25, -0.2) is 0 Å². The highest BCUT2D eigenvalue weighted by Crippen LogP contribution is 2.26. The van der Waals surface area contributed by atoms with Crippen LogP contribution in [0.15, 0.2) is 22.7 Å². The van der Waals surface area contributed by atoms with E-state index in [0.29, 0.717) is 6.04 Å². The highest BCUT2D eigenvalue weighted by atomic mass is 79.9. The molecule has 0 fully saturated rings. The van der Waals surface area contributed by atoms with Crippen LogP contribution >= 0.6 is 15.9 Å². The van der Waals surface area contributed by atoms with E-state index in [-0.39, 0.29) is 0 Å². The van der Waals surface area contributed by atoms with E-state index in [1.54, 1.807) is 7.11 Å². The third kappa shape index (κ3) is 4.68. The standard InChI is InChI=1S/C14H22BrNO/c1-4-5-6-12(16-2)9-11-7-8-14(17-3)13(15)10-11/h7-8,10,12,16H,4-6,9H2,1-3H3. The first-order chi connectivity index (χ1) is 8.21. The van der Waals surface area contributed by atoms with Gasteiger partial charge < -0.3 is 10.1 Å². The maximum absolute atomic E-state index is 5.23. The van der Waals surface area contributed by atoms with E-state index >= 15 is 0 Å². The first kappa shape index (κ1) is 14.5. The van der Waals surface area contributed by atoms with Crippen LogP contribution in [0.5, 0.6) is 5.75 Å². The maximum Gasteiger partial charge on any atom is 0.133 e. The molecule has 1 unspecified atom stereocenters. The van der Waals surface area contributed by atoms with Crippen molar-refractivity contribution in [3.8, 4) is 5.75 Å². The van der Waals surface area contributed by atoms with Gasteiger partial charge in [0, 0.05) is 6.04 Å². The van der Waals surface area contributed by atoms with Crippen molar-refractivity contribution >= 4 is 15.9 Å². The van der Waals surface area contributed by atoms with Crippen molar-refractivity contribution in [2.24, 2.45) is 0 Å². The molecule has 0 aromatic heterocycles. The smallest absolute Gasteiger partial charge is 0.133 e. The number of hydrogen-bond donors (Lipinski definition) is 1. The van der Waals surface area contributed by atoms with Gasteiger partial charge in [0.15, 0.2) is 0 Å². The minimum Gasteiger partial charge on any atom is -0.496 e. The van der Waals surface area contributed by atoms with E-state index in [4.69, 9.17) is 4.74 Å². The highest BCUT2D eigenvalue weighted by Gasteiger charge is 2.08. The summed E-state index contributed by atoms with van der Waals surface area (Å²) in [5.41, 5.74) is 1.34. The first-order valence-electron chi connectivity index (χ1n) is 6.21. The third-order valence-corrected chi connectivity index (χ3v) is 3.63. The Morgan fingerprint density at radius 2 is 2.18 bits per heavy atom. The largest absolute Gasteiger partial charge is 0.496 e. The molecular weight excluding hydrogens is 278 g/mol. The number of nitrogens with one attached hydrogen (secondary N) is 1. The Kier molecular flexibility index (Phi) is 6.60. The van der Waals surface area contributed by atoms with Crippen molar-refractivity contribution in [3.05, 3.63) is 28.2 Å². The Balaban J connectivity index is 2.63. The molecule has 17 heavy (non-hydrogen) atoms. The summed E-state index contributed by atoms with van der Waals surface area (Å²) < 4.78 is 6.26. The van der Waals surface area contributed by atoms with Crippen LogP contribution in [0, 0.1) is 0 Å². The van der Waals surface area contributed by atoms with Crippen LogP contribution < -0.4 is 10.1 Å². The zero-order valence-electron chi connectivity index (χ0n) is 10.9. The zero-order chi connectivity index (χ0) is 12.7. The van der Waals surface area contributed by atoms with Gasteiger partial charge in [-0.2, -0.15) is 0 Å². The Hall–Kier alpha value is -0.540. The summed E-state index contributed by atoms with van der Waals surface area (Å²) in [6, 6.07) is 6.87. The van der Waals surface area contributed by atoms with Crippen molar-refractivity contribution in [2.45, 2.75) is 38.6 Å². The Bertz CT molecular complexity index is 341. The lowest BCUT2D eigenvalue weighted by molar-refractivity contribution is 0.411. The number of unbranched alkanes of at least 4 members (excludes halogenated alkanes) is 1. The van der Waals surface area contributed by atoms with Crippen LogP contribution in [-0.2, 0) is 6.42 Å². The van der Waals surface area contributed by atoms with Gasteiger partial charge in [0.1, 0.15) is 5.75 Å². The van der Waals surface area contributed by atoms with E-state index in [1.807, 2.05) is 13.1 Å². The number of benzene rings is 1. The molecule has 1 aromatic rings. The van der Waals surface area contributed by atoms with Crippen molar-refractivity contribution in [1.29, 1.82) is 0 Å². The number of methoxy groups -OCH3 is 1. The molecule has 96 valence electrons. The fourth-order valence-electron chi connectivity index (χ4n) is 1.92. The van der Waals surface area contributed by atoms with Gasteiger partial charge >= 0.3 is 0 Å². The zero-order valence-corrected chi connectivity index (χ0v) is 12.5. The van der Waals surface area contributed by atoms with Gasteiger partial charge in [0.05, 0.1) is 11.6 Å². The highest BCUT2D eigenvalue weighted by molar-refractivity contribution is 9.10. The number of halogens is 1. The molecule has 1 rings (SSSR count). The van der Waals surface area contributed by atoms with Gasteiger partial charge in [-0.3, -0.25) is 0 Å². The molecule has 0 aliphatic carbocycles. The fourth-order valence-corrected chi connectivity index (χ4v) is 2.51. The molecule has 1 atom stereocenters. The second-order valence-electron chi connectivity index (χ2n) is 4.30. The van der Waals surface area contributed by atoms with Crippen LogP contribution in [0.4, 0.5) is 0 Å². The summed E-state index contributed by atoms with van der Waals surface area (Å²) in [6.07, 6.45) is 4.84. The monoisotopic (exact) mass is 299 g/mol. The minimum absolute atomic E-state index is 0.565. The topological polar surface area (TPSA) is 21.3 Å². The van der Waals surface area contributed by atoms with E-state index < -0.39 is 0 Å². The molecule has 1 N–H and O–H groups in total. The summed E-state index contributed by atoms with van der Waals surface area (Å²) in [5.74, 6) is 0.892. The summed E-state index contributed by atoms with van der Waals surface area (Å²) in [5, 5.41) is 3.39. The average Bonchev–Trinajstić information content (AvgIpc) is 2.34. The molecule has 0 aliphatic rings. The van der Waals surface area contributed by atoms with E-state index in [0.717, 1.165) is 16.6 Å². The first-order valence-corrected chi connectivity index (χ1v) is 7.00. The summed E-state index contributed by atoms with van der Waals surface area (Å²) in [7, 11) is 3.73. The van der Waals surface area contributed by atoms with Gasteiger partial charge in [0.2, 0.25) is 0 Å². The Labute approximate surface area is 113 Å². The lowest BCUT2D eigenvalue weighted by atomic mass is 10.0. The number of ether oxygens (including phenoxy) is 1. The third-order valence-electron chi connectivity index (χ3n) is 3.01. The van der Waals surface area contributed by atoms with Crippen molar-refractivity contribution in [2.75, 3.05) is 14.2 Å². The van der Waals surface area contributed by atoms with Crippen LogP contribution in [0.3, 0.4) is 0 Å². The molecule has 0 spiro atoms. The minimum atomic E-state index is 0.565. The SMILES string of the molecule is CCCCC(Cc1ccc(OC)c(Br)c1)NC. The quantitative estimate of drug-likeness (QED) is 0.827. The van der Waals surface area contributed by atoms with E-state index in [1.165, 1.54) is 24.8 Å². The van der Waals surface area contributed by atoms with Crippen molar-refractivity contribution in [3.63, 3.8) is 0 Å². The molecule has 0 saturated heterocycles. The van der Waals surface area contributed by atoms with Crippen LogP contribution in [0.1, 0.15) is 31.7 Å². The number of rotatable bonds is 7. The van der Waals surface area contributed by atoms with Gasteiger partial charge in [0.25, 0.3) is 0 Å². The molecule has 0 bridgehead atoms. The van der Waals surface area contributed by atoms with E-state index in [2.05, 4.69) is 40.3 Å². The lowest BCUT2D eigenvalue weighted by Crippen LogP contribution is -2.27. The number of hydrogen-bond acceptors (Lipinski definition) is 2. The molecule has 0 saturated carbocycles. The normalized spacial score (nSPS) is 12.5. The van der Waals surface area contributed by atoms with Crippen molar-refractivity contribution in [1.82, 2.24) is 5.32 Å². The molecule has 0 heterocycles. The molecule has 0 radical (unpaired) electrons. The predicted octanol–water partition coefficient (Wildman–Crippen LogP) is 3.78. The molecule has 0 aliphatic heterocycles. The predicted molar refractivity (Wildman–Crippen MR) is 76.8 cm³/mol. The van der Waals surface area contributed by atoms with E-state index in [9.17, 15) is 0 Å². The number of likely N-dealkylation sites (N-methyl/N-ethyl adjacent to an activating group) is 1. The van der Waals surface area contributed by atoms with Gasteiger partial charge in [-0.1, -0.05) is 25.8 Å². The summed E-state index contributed by atoms with van der Waals surface area (Å²) in [6.45, 7) is 2.23. The van der Waals surface area contributed by atoms with Crippen LogP contribution in [0.25, 0.3) is 0 Å². The summed E-state index contributed by atoms with van der Waals surface area (Å²) in [4.78, 5) is 0.